The summed E-state index contributed by atoms with van der Waals surface area (Å²) in [5, 5.41) is 6.91. The van der Waals surface area contributed by atoms with Gasteiger partial charge in [-0.3, -0.25) is 0 Å². The van der Waals surface area contributed by atoms with Crippen LogP contribution in [0.4, 0.5) is 0 Å². The Balaban J connectivity index is 1.15. The van der Waals surface area contributed by atoms with Gasteiger partial charge in [-0.05, 0) is 33.5 Å². The van der Waals surface area contributed by atoms with Gasteiger partial charge in [0.05, 0.1) is 11.0 Å². The number of hydrogen-bond acceptors (Lipinski definition) is 4. The smallest absolute Gasteiger partial charge is 0.164 e. The summed E-state index contributed by atoms with van der Waals surface area (Å²) in [6.07, 6.45) is 0. The fourth-order valence-corrected chi connectivity index (χ4v) is 7.33. The average Bonchev–Trinajstić information content (AvgIpc) is 3.23. The molecule has 0 amide bonds. The Kier molecular flexibility index (Phi) is 7.10. The molecule has 0 spiro atoms. The van der Waals surface area contributed by atoms with Crippen LogP contribution in [0.5, 0.6) is 0 Å². The van der Waals surface area contributed by atoms with Gasteiger partial charge in [-0.15, -0.1) is 0 Å². The molecule has 0 saturated heterocycles. The van der Waals surface area contributed by atoms with E-state index >= 15 is 0 Å². The van der Waals surface area contributed by atoms with Crippen molar-refractivity contribution >= 4 is 43.4 Å². The molecule has 0 fully saturated rings. The molecule has 0 radical (unpaired) electrons. The normalized spacial score (nSPS) is 11.5. The summed E-state index contributed by atoms with van der Waals surface area (Å²) in [5.41, 5.74) is 9.36. The Labute approximate surface area is 300 Å². The molecule has 0 aliphatic carbocycles. The second kappa shape index (κ2) is 12.4. The van der Waals surface area contributed by atoms with E-state index in [1.54, 1.807) is 0 Å². The van der Waals surface area contributed by atoms with Crippen LogP contribution in [-0.4, -0.2) is 19.9 Å². The molecule has 10 aromatic rings. The molecule has 242 valence electrons. The zero-order valence-electron chi connectivity index (χ0n) is 28.1. The fraction of sp³-hybridized carbons (Fsp3) is 0. The molecule has 0 atom stereocenters. The zero-order valence-corrected chi connectivity index (χ0v) is 28.1. The molecule has 0 saturated carbocycles. The minimum absolute atomic E-state index is 0.627. The Morgan fingerprint density at radius 2 is 0.692 bits per heavy atom. The van der Waals surface area contributed by atoms with Crippen molar-refractivity contribution in [2.45, 2.75) is 0 Å². The molecular formula is C48H30N4. The first-order valence-corrected chi connectivity index (χ1v) is 17.5. The lowest BCUT2D eigenvalue weighted by molar-refractivity contribution is 1.07. The zero-order chi connectivity index (χ0) is 34.4. The van der Waals surface area contributed by atoms with Gasteiger partial charge in [0, 0.05) is 43.8 Å². The monoisotopic (exact) mass is 662 g/mol. The van der Waals surface area contributed by atoms with Gasteiger partial charge >= 0.3 is 0 Å². The minimum Gasteiger partial charge on any atom is -0.246 e. The SMILES string of the molecule is c1ccc(-c2cccc(-c3nc(-c4ccccc4)nc(-c4ccc(-c5c6ccc7ccccc7c6nc6c5ccc5ccccc56)cc4)n3)c2)cc1. The molecule has 52 heavy (non-hydrogen) atoms. The first-order chi connectivity index (χ1) is 25.8. The molecule has 0 aliphatic rings. The van der Waals surface area contributed by atoms with Crippen LogP contribution >= 0.6 is 0 Å². The van der Waals surface area contributed by atoms with E-state index in [0.29, 0.717) is 17.5 Å². The average molecular weight is 663 g/mol. The fourth-order valence-electron chi connectivity index (χ4n) is 7.33. The lowest BCUT2D eigenvalue weighted by Crippen LogP contribution is -2.00. The Morgan fingerprint density at radius 1 is 0.250 bits per heavy atom. The van der Waals surface area contributed by atoms with E-state index in [-0.39, 0.29) is 0 Å². The van der Waals surface area contributed by atoms with Gasteiger partial charge in [-0.1, -0.05) is 176 Å². The summed E-state index contributed by atoms with van der Waals surface area (Å²) in [4.78, 5) is 20.4. The molecule has 0 unspecified atom stereocenters. The van der Waals surface area contributed by atoms with E-state index in [2.05, 4.69) is 146 Å². The van der Waals surface area contributed by atoms with Crippen molar-refractivity contribution in [1.29, 1.82) is 0 Å². The quantitative estimate of drug-likeness (QED) is 0.136. The molecule has 10 rings (SSSR count). The molecule has 4 heteroatoms. The van der Waals surface area contributed by atoms with Crippen molar-refractivity contribution in [2.75, 3.05) is 0 Å². The first kappa shape index (κ1) is 29.8. The third-order valence-corrected chi connectivity index (χ3v) is 9.89. The maximum Gasteiger partial charge on any atom is 0.164 e. The topological polar surface area (TPSA) is 51.6 Å². The van der Waals surface area contributed by atoms with Crippen LogP contribution in [0.2, 0.25) is 0 Å². The summed E-state index contributed by atoms with van der Waals surface area (Å²) in [5.74, 6) is 1.90. The summed E-state index contributed by atoms with van der Waals surface area (Å²) >= 11 is 0. The number of pyridine rings is 1. The number of rotatable bonds is 5. The van der Waals surface area contributed by atoms with Crippen LogP contribution in [0.25, 0.3) is 99.8 Å². The van der Waals surface area contributed by atoms with Gasteiger partial charge in [-0.2, -0.15) is 0 Å². The van der Waals surface area contributed by atoms with Gasteiger partial charge in [-0.25, -0.2) is 19.9 Å². The summed E-state index contributed by atoms with van der Waals surface area (Å²) in [6.45, 7) is 0. The molecule has 0 N–H and O–H groups in total. The van der Waals surface area contributed by atoms with Crippen LogP contribution < -0.4 is 0 Å². The maximum atomic E-state index is 5.36. The molecule has 4 nitrogen and oxygen atoms in total. The van der Waals surface area contributed by atoms with Crippen molar-refractivity contribution in [3.63, 3.8) is 0 Å². The standard InChI is InChI=1S/C48H30N4/c1-3-12-31(13-4-1)37-18-11-19-38(30-37)48-51-46(35-16-5-2-6-17-35)50-47(52-48)36-24-22-34(23-25-36)43-41-28-26-32-14-7-9-20-39(32)44(41)49-45-40-21-10-8-15-33(40)27-29-42(43)45/h1-30H. The number of fused-ring (bicyclic) bond motifs is 6. The van der Waals surface area contributed by atoms with Gasteiger partial charge in [0.25, 0.3) is 0 Å². The van der Waals surface area contributed by atoms with Crippen LogP contribution in [0.1, 0.15) is 0 Å². The second-order valence-electron chi connectivity index (χ2n) is 13.0. The predicted molar refractivity (Wildman–Crippen MR) is 215 cm³/mol. The highest BCUT2D eigenvalue weighted by molar-refractivity contribution is 6.21. The van der Waals surface area contributed by atoms with Crippen molar-refractivity contribution in [1.82, 2.24) is 19.9 Å². The van der Waals surface area contributed by atoms with E-state index in [0.717, 1.165) is 66.0 Å². The highest BCUT2D eigenvalue weighted by Gasteiger charge is 2.17. The molecular weight excluding hydrogens is 633 g/mol. The van der Waals surface area contributed by atoms with Crippen LogP contribution in [0, 0.1) is 0 Å². The van der Waals surface area contributed by atoms with Crippen molar-refractivity contribution in [3.05, 3.63) is 182 Å². The third kappa shape index (κ3) is 5.17. The highest BCUT2D eigenvalue weighted by atomic mass is 15.0. The van der Waals surface area contributed by atoms with Gasteiger partial charge in [0.15, 0.2) is 17.5 Å². The minimum atomic E-state index is 0.627. The molecule has 8 aromatic carbocycles. The van der Waals surface area contributed by atoms with E-state index in [1.807, 2.05) is 36.4 Å². The van der Waals surface area contributed by atoms with E-state index < -0.39 is 0 Å². The van der Waals surface area contributed by atoms with E-state index in [4.69, 9.17) is 19.9 Å². The molecule has 2 aromatic heterocycles. The Morgan fingerprint density at radius 3 is 1.29 bits per heavy atom. The molecule has 0 aliphatic heterocycles. The van der Waals surface area contributed by atoms with Crippen molar-refractivity contribution < 1.29 is 0 Å². The lowest BCUT2D eigenvalue weighted by Gasteiger charge is -2.15. The van der Waals surface area contributed by atoms with Crippen LogP contribution in [-0.2, 0) is 0 Å². The first-order valence-electron chi connectivity index (χ1n) is 17.5. The number of benzene rings is 8. The van der Waals surface area contributed by atoms with E-state index in [9.17, 15) is 0 Å². The highest BCUT2D eigenvalue weighted by Crippen LogP contribution is 2.40. The number of hydrogen-bond donors (Lipinski definition) is 0. The predicted octanol–water partition coefficient (Wildman–Crippen LogP) is 12.2. The maximum absolute atomic E-state index is 5.36. The van der Waals surface area contributed by atoms with Crippen LogP contribution in [0.3, 0.4) is 0 Å². The van der Waals surface area contributed by atoms with E-state index in [1.165, 1.54) is 16.3 Å². The largest absolute Gasteiger partial charge is 0.246 e. The molecule has 2 heterocycles. The van der Waals surface area contributed by atoms with Gasteiger partial charge < -0.3 is 0 Å². The summed E-state index contributed by atoms with van der Waals surface area (Å²) in [7, 11) is 0. The van der Waals surface area contributed by atoms with Gasteiger partial charge in [0.1, 0.15) is 0 Å². The summed E-state index contributed by atoms with van der Waals surface area (Å²) < 4.78 is 0. The third-order valence-electron chi connectivity index (χ3n) is 9.89. The van der Waals surface area contributed by atoms with Crippen molar-refractivity contribution in [3.8, 4) is 56.4 Å². The van der Waals surface area contributed by atoms with Gasteiger partial charge in [0.2, 0.25) is 0 Å². The number of aromatic nitrogens is 4. The Bertz CT molecular complexity index is 2840. The van der Waals surface area contributed by atoms with Crippen LogP contribution in [0.15, 0.2) is 182 Å². The second-order valence-corrected chi connectivity index (χ2v) is 13.0. The molecule has 0 bridgehead atoms. The Hall–Kier alpha value is -7.04. The number of nitrogens with zero attached hydrogens (tertiary/aromatic N) is 4. The van der Waals surface area contributed by atoms with Crippen molar-refractivity contribution in [2.24, 2.45) is 0 Å². The lowest BCUT2D eigenvalue weighted by atomic mass is 9.92. The summed E-state index contributed by atoms with van der Waals surface area (Å²) in [6, 6.07) is 63.4.